The molecule has 0 radical (unpaired) electrons. The number of aromatic nitrogens is 2. The van der Waals surface area contributed by atoms with Crippen LogP contribution in [-0.2, 0) is 11.3 Å². The van der Waals surface area contributed by atoms with Crippen LogP contribution in [-0.4, -0.2) is 32.4 Å². The van der Waals surface area contributed by atoms with E-state index in [4.69, 9.17) is 0 Å². The Morgan fingerprint density at radius 1 is 1.14 bits per heavy atom. The Labute approximate surface area is 175 Å². The van der Waals surface area contributed by atoms with Gasteiger partial charge in [0, 0.05) is 17.0 Å². The number of benzene rings is 1. The van der Waals surface area contributed by atoms with E-state index in [0.717, 1.165) is 23.3 Å². The lowest BCUT2D eigenvalue weighted by atomic mass is 9.76. The maximum absolute atomic E-state index is 13.1. The molecule has 152 valence electrons. The van der Waals surface area contributed by atoms with Crippen LogP contribution in [0.1, 0.15) is 40.5 Å². The second kappa shape index (κ2) is 7.10. The Balaban J connectivity index is 1.64. The zero-order valence-electron chi connectivity index (χ0n) is 17.4. The lowest BCUT2D eigenvalue weighted by Crippen LogP contribution is -2.56. The van der Waals surface area contributed by atoms with Crippen molar-refractivity contribution in [3.8, 4) is 10.4 Å². The third-order valence-corrected chi connectivity index (χ3v) is 7.01. The Hall–Kier alpha value is -2.47. The van der Waals surface area contributed by atoms with E-state index in [1.165, 1.54) is 22.2 Å². The van der Waals surface area contributed by atoms with E-state index >= 15 is 0 Å². The third-order valence-electron chi connectivity index (χ3n) is 5.91. The molecule has 0 bridgehead atoms. The third kappa shape index (κ3) is 3.86. The molecule has 1 aliphatic heterocycles. The van der Waals surface area contributed by atoms with E-state index in [1.807, 2.05) is 41.3 Å². The van der Waals surface area contributed by atoms with Crippen LogP contribution in [0.2, 0.25) is 0 Å². The highest BCUT2D eigenvalue weighted by Crippen LogP contribution is 2.37. The van der Waals surface area contributed by atoms with Gasteiger partial charge >= 0.3 is 0 Å². The molecule has 3 aromatic rings. The van der Waals surface area contributed by atoms with Crippen LogP contribution in [0.4, 0.5) is 0 Å². The number of amides is 1. The molecule has 4 rings (SSSR count). The molecule has 0 N–H and O–H groups in total. The number of rotatable bonds is 3. The van der Waals surface area contributed by atoms with Crippen LogP contribution in [0.15, 0.2) is 47.5 Å². The van der Waals surface area contributed by atoms with Crippen molar-refractivity contribution < 1.29 is 4.79 Å². The number of nitrogens with zero attached hydrogens (tertiary/aromatic N) is 3. The zero-order chi connectivity index (χ0) is 20.8. The molecule has 0 spiro atoms. The molecule has 3 heterocycles. The van der Waals surface area contributed by atoms with E-state index in [1.54, 1.807) is 0 Å². The van der Waals surface area contributed by atoms with Gasteiger partial charge in [-0.15, -0.1) is 11.3 Å². The van der Waals surface area contributed by atoms with Crippen LogP contribution < -0.4 is 5.56 Å². The van der Waals surface area contributed by atoms with E-state index in [-0.39, 0.29) is 29.0 Å². The van der Waals surface area contributed by atoms with Crippen LogP contribution in [0.25, 0.3) is 20.7 Å². The van der Waals surface area contributed by atoms with Crippen molar-refractivity contribution >= 4 is 27.5 Å². The monoisotopic (exact) mass is 409 g/mol. The van der Waals surface area contributed by atoms with Gasteiger partial charge in [-0.25, -0.2) is 4.98 Å². The lowest BCUT2D eigenvalue weighted by Gasteiger charge is -2.49. The summed E-state index contributed by atoms with van der Waals surface area (Å²) in [6, 6.07) is 11.9. The van der Waals surface area contributed by atoms with Gasteiger partial charge in [0.15, 0.2) is 0 Å². The molecular formula is C23H27N3O2S. The van der Waals surface area contributed by atoms with E-state index in [2.05, 4.69) is 32.7 Å². The first-order valence-corrected chi connectivity index (χ1v) is 10.8. The lowest BCUT2D eigenvalue weighted by molar-refractivity contribution is -0.143. The first kappa shape index (κ1) is 19.8. The normalized spacial score (nSPS) is 18.1. The number of carbonyl (C=O) groups is 1. The minimum atomic E-state index is -0.198. The number of piperidine rings is 1. The number of hydrogen-bond donors (Lipinski definition) is 0. The number of thiophene rings is 1. The highest BCUT2D eigenvalue weighted by atomic mass is 32.1. The summed E-state index contributed by atoms with van der Waals surface area (Å²) in [5.74, 6) is -0.0236. The Morgan fingerprint density at radius 3 is 2.59 bits per heavy atom. The minimum absolute atomic E-state index is 0.0236. The Morgan fingerprint density at radius 2 is 1.86 bits per heavy atom. The molecule has 2 aromatic heterocycles. The molecule has 0 saturated carbocycles. The first-order valence-electron chi connectivity index (χ1n) is 10.0. The van der Waals surface area contributed by atoms with Gasteiger partial charge in [0.05, 0.1) is 11.7 Å². The SMILES string of the molecule is CC1(C)CCC(C)(C)N(C(=O)Cn2cnc3sc(-c4ccccc4)cc3c2=O)C1. The smallest absolute Gasteiger partial charge is 0.262 e. The van der Waals surface area contributed by atoms with Crippen LogP contribution in [0, 0.1) is 5.41 Å². The summed E-state index contributed by atoms with van der Waals surface area (Å²) in [7, 11) is 0. The van der Waals surface area contributed by atoms with Gasteiger partial charge in [-0.2, -0.15) is 0 Å². The van der Waals surface area contributed by atoms with Crippen molar-refractivity contribution in [2.45, 2.75) is 52.6 Å². The van der Waals surface area contributed by atoms with Crippen LogP contribution in [0.3, 0.4) is 0 Å². The van der Waals surface area contributed by atoms with E-state index in [0.29, 0.717) is 16.8 Å². The molecular weight excluding hydrogens is 382 g/mol. The van der Waals surface area contributed by atoms with Gasteiger partial charge in [-0.3, -0.25) is 14.2 Å². The topological polar surface area (TPSA) is 55.2 Å². The largest absolute Gasteiger partial charge is 0.335 e. The molecule has 5 nitrogen and oxygen atoms in total. The van der Waals surface area contributed by atoms with Crippen molar-refractivity contribution in [3.05, 3.63) is 53.1 Å². The standard InChI is InChI=1S/C23H27N3O2S/c1-22(2)10-11-23(3,4)26(14-22)19(27)13-25-15-24-20-17(21(25)28)12-18(29-20)16-8-6-5-7-9-16/h5-9,12,15H,10-11,13-14H2,1-4H3. The second-order valence-corrected chi connectivity index (χ2v) is 10.4. The van der Waals surface area contributed by atoms with Crippen LogP contribution >= 0.6 is 11.3 Å². The summed E-state index contributed by atoms with van der Waals surface area (Å²) >= 11 is 1.50. The fourth-order valence-corrected chi connectivity index (χ4v) is 4.97. The average Bonchev–Trinajstić information content (AvgIpc) is 3.12. The molecule has 1 aromatic carbocycles. The molecule has 1 aliphatic rings. The van der Waals surface area contributed by atoms with Gasteiger partial charge in [0.2, 0.25) is 5.91 Å². The quantitative estimate of drug-likeness (QED) is 0.638. The summed E-state index contributed by atoms with van der Waals surface area (Å²) in [6.07, 6.45) is 3.56. The summed E-state index contributed by atoms with van der Waals surface area (Å²) < 4.78 is 1.45. The van der Waals surface area contributed by atoms with E-state index < -0.39 is 0 Å². The van der Waals surface area contributed by atoms with Crippen LogP contribution in [0.5, 0.6) is 0 Å². The fourth-order valence-electron chi connectivity index (χ4n) is 3.97. The predicted octanol–water partition coefficient (Wildman–Crippen LogP) is 4.55. The summed E-state index contributed by atoms with van der Waals surface area (Å²) in [5, 5.41) is 0.572. The predicted molar refractivity (Wildman–Crippen MR) is 118 cm³/mol. The molecule has 1 saturated heterocycles. The molecule has 1 fully saturated rings. The molecule has 6 heteroatoms. The van der Waals surface area contributed by atoms with Gasteiger partial charge in [-0.1, -0.05) is 44.2 Å². The molecule has 29 heavy (non-hydrogen) atoms. The van der Waals surface area contributed by atoms with Gasteiger partial charge < -0.3 is 4.90 Å². The van der Waals surface area contributed by atoms with Gasteiger partial charge in [0.1, 0.15) is 11.4 Å². The molecule has 0 atom stereocenters. The molecule has 1 amide bonds. The highest BCUT2D eigenvalue weighted by molar-refractivity contribution is 7.21. The number of carbonyl (C=O) groups excluding carboxylic acids is 1. The number of hydrogen-bond acceptors (Lipinski definition) is 4. The average molecular weight is 410 g/mol. The van der Waals surface area contributed by atoms with Gasteiger partial charge in [0.25, 0.3) is 5.56 Å². The van der Waals surface area contributed by atoms with Crippen molar-refractivity contribution in [1.29, 1.82) is 0 Å². The maximum atomic E-state index is 13.1. The molecule has 0 unspecified atom stereocenters. The number of likely N-dealkylation sites (tertiary alicyclic amines) is 1. The van der Waals surface area contributed by atoms with Crippen molar-refractivity contribution in [3.63, 3.8) is 0 Å². The van der Waals surface area contributed by atoms with Crippen molar-refractivity contribution in [2.75, 3.05) is 6.54 Å². The van der Waals surface area contributed by atoms with Gasteiger partial charge in [-0.05, 0) is 43.7 Å². The summed E-state index contributed by atoms with van der Waals surface area (Å²) in [6.45, 7) is 9.33. The maximum Gasteiger partial charge on any atom is 0.262 e. The Kier molecular flexibility index (Phi) is 4.85. The van der Waals surface area contributed by atoms with E-state index in [9.17, 15) is 9.59 Å². The summed E-state index contributed by atoms with van der Waals surface area (Å²) in [5.41, 5.74) is 0.804. The molecule has 0 aliphatic carbocycles. The first-order chi connectivity index (χ1) is 13.7. The second-order valence-electron chi connectivity index (χ2n) is 9.33. The highest BCUT2D eigenvalue weighted by Gasteiger charge is 2.40. The minimum Gasteiger partial charge on any atom is -0.335 e. The summed E-state index contributed by atoms with van der Waals surface area (Å²) in [4.78, 5) is 34.3. The fraction of sp³-hybridized carbons (Fsp3) is 0.435. The zero-order valence-corrected chi connectivity index (χ0v) is 18.3. The van der Waals surface area contributed by atoms with Crippen molar-refractivity contribution in [1.82, 2.24) is 14.5 Å². The van der Waals surface area contributed by atoms with Crippen molar-refractivity contribution in [2.24, 2.45) is 5.41 Å². The Bertz CT molecular complexity index is 1110. The number of fused-ring (bicyclic) bond motifs is 1.